The van der Waals surface area contributed by atoms with Gasteiger partial charge in [-0.15, -0.1) is 0 Å². The SMILES string of the molecule is O=C(O)/C=C/C1CC1.O=C(O)CC(=O)O. The Morgan fingerprint density at radius 1 is 1.07 bits per heavy atom. The molecule has 0 saturated heterocycles. The van der Waals surface area contributed by atoms with Crippen molar-refractivity contribution in [1.82, 2.24) is 0 Å². The second kappa shape index (κ2) is 6.58. The van der Waals surface area contributed by atoms with Gasteiger partial charge in [0.2, 0.25) is 0 Å². The number of carbonyl (C=O) groups is 3. The number of aliphatic carboxylic acids is 3. The maximum Gasteiger partial charge on any atom is 0.327 e. The minimum Gasteiger partial charge on any atom is -0.481 e. The Balaban J connectivity index is 0.000000265. The van der Waals surface area contributed by atoms with Gasteiger partial charge in [-0.25, -0.2) is 4.79 Å². The Morgan fingerprint density at radius 2 is 1.53 bits per heavy atom. The first-order chi connectivity index (χ1) is 6.91. The number of hydrogen-bond acceptors (Lipinski definition) is 3. The third-order valence-corrected chi connectivity index (χ3v) is 1.44. The highest BCUT2D eigenvalue weighted by Crippen LogP contribution is 2.29. The molecule has 0 atom stereocenters. The summed E-state index contributed by atoms with van der Waals surface area (Å²) in [6.45, 7) is 0. The van der Waals surface area contributed by atoms with Crippen LogP contribution in [0.1, 0.15) is 19.3 Å². The molecule has 0 amide bonds. The first-order valence-electron chi connectivity index (χ1n) is 4.26. The van der Waals surface area contributed by atoms with E-state index in [0.717, 1.165) is 0 Å². The number of carboxylic acid groups (broad SMARTS) is 3. The van der Waals surface area contributed by atoms with Crippen LogP contribution in [-0.4, -0.2) is 33.2 Å². The van der Waals surface area contributed by atoms with Gasteiger partial charge in [0.1, 0.15) is 6.42 Å². The Hall–Kier alpha value is -1.85. The lowest BCUT2D eigenvalue weighted by atomic mass is 10.4. The molecule has 0 radical (unpaired) electrons. The van der Waals surface area contributed by atoms with Gasteiger partial charge in [-0.3, -0.25) is 9.59 Å². The summed E-state index contributed by atoms with van der Waals surface area (Å²) in [4.78, 5) is 28.7. The van der Waals surface area contributed by atoms with E-state index in [-0.39, 0.29) is 0 Å². The van der Waals surface area contributed by atoms with E-state index in [9.17, 15) is 14.4 Å². The van der Waals surface area contributed by atoms with Crippen molar-refractivity contribution < 1.29 is 29.7 Å². The van der Waals surface area contributed by atoms with Crippen LogP contribution in [0.5, 0.6) is 0 Å². The molecule has 1 aliphatic carbocycles. The molecule has 0 spiro atoms. The molecule has 0 aromatic rings. The highest BCUT2D eigenvalue weighted by Gasteiger charge is 2.17. The standard InChI is InChI=1S/C6H8O2.C3H4O4/c7-6(8)4-3-5-1-2-5;4-2(5)1-3(6)7/h3-5H,1-2H2,(H,7,8);1H2,(H,4,5)(H,6,7)/b4-3+;. The van der Waals surface area contributed by atoms with Crippen LogP contribution in [0.3, 0.4) is 0 Å². The summed E-state index contributed by atoms with van der Waals surface area (Å²) >= 11 is 0. The van der Waals surface area contributed by atoms with Gasteiger partial charge in [-0.05, 0) is 18.8 Å². The first-order valence-corrected chi connectivity index (χ1v) is 4.26. The Morgan fingerprint density at radius 3 is 1.73 bits per heavy atom. The maximum absolute atomic E-state index is 9.84. The summed E-state index contributed by atoms with van der Waals surface area (Å²) < 4.78 is 0. The summed E-state index contributed by atoms with van der Waals surface area (Å²) in [6.07, 6.45) is 4.51. The molecule has 0 aromatic carbocycles. The Labute approximate surface area is 85.8 Å². The second-order valence-corrected chi connectivity index (χ2v) is 3.00. The number of carboxylic acids is 3. The lowest BCUT2D eigenvalue weighted by Gasteiger charge is -1.80. The number of allylic oxidation sites excluding steroid dienone is 1. The lowest BCUT2D eigenvalue weighted by molar-refractivity contribution is -0.147. The third-order valence-electron chi connectivity index (χ3n) is 1.44. The highest BCUT2D eigenvalue weighted by atomic mass is 16.4. The van der Waals surface area contributed by atoms with Gasteiger partial charge in [-0.1, -0.05) is 6.08 Å². The maximum atomic E-state index is 9.84. The van der Waals surface area contributed by atoms with E-state index in [1.165, 1.54) is 18.9 Å². The van der Waals surface area contributed by atoms with E-state index >= 15 is 0 Å². The highest BCUT2D eigenvalue weighted by molar-refractivity contribution is 5.88. The molecule has 84 valence electrons. The zero-order valence-corrected chi connectivity index (χ0v) is 7.92. The van der Waals surface area contributed by atoms with Crippen molar-refractivity contribution in [2.24, 2.45) is 5.92 Å². The summed E-state index contributed by atoms with van der Waals surface area (Å²) in [6, 6.07) is 0. The molecular formula is C9H12O6. The minimum atomic E-state index is -1.31. The molecule has 0 aromatic heterocycles. The van der Waals surface area contributed by atoms with Crippen molar-refractivity contribution >= 4 is 17.9 Å². The van der Waals surface area contributed by atoms with Crippen LogP contribution in [0.2, 0.25) is 0 Å². The molecule has 1 saturated carbocycles. The molecule has 3 N–H and O–H groups in total. The molecule has 0 bridgehead atoms. The summed E-state index contributed by atoms with van der Waals surface area (Å²) in [5, 5.41) is 23.5. The number of hydrogen-bond donors (Lipinski definition) is 3. The van der Waals surface area contributed by atoms with Crippen LogP contribution in [-0.2, 0) is 14.4 Å². The van der Waals surface area contributed by atoms with Gasteiger partial charge in [0.25, 0.3) is 0 Å². The Bertz CT molecular complexity index is 264. The molecule has 0 heterocycles. The normalized spacial score (nSPS) is 14.1. The molecule has 0 unspecified atom stereocenters. The van der Waals surface area contributed by atoms with Crippen LogP contribution in [0.4, 0.5) is 0 Å². The molecule has 1 aliphatic rings. The van der Waals surface area contributed by atoms with E-state index in [0.29, 0.717) is 5.92 Å². The smallest absolute Gasteiger partial charge is 0.327 e. The fourth-order valence-electron chi connectivity index (χ4n) is 0.636. The first kappa shape index (κ1) is 13.2. The van der Waals surface area contributed by atoms with E-state index in [2.05, 4.69) is 0 Å². The van der Waals surface area contributed by atoms with Crippen LogP contribution in [0.25, 0.3) is 0 Å². The van der Waals surface area contributed by atoms with Gasteiger partial charge in [0.05, 0.1) is 0 Å². The van der Waals surface area contributed by atoms with Crippen molar-refractivity contribution in [2.75, 3.05) is 0 Å². The van der Waals surface area contributed by atoms with Crippen molar-refractivity contribution in [3.05, 3.63) is 12.2 Å². The number of rotatable bonds is 4. The van der Waals surface area contributed by atoms with E-state index in [1.807, 2.05) is 0 Å². The molecule has 15 heavy (non-hydrogen) atoms. The van der Waals surface area contributed by atoms with E-state index in [4.69, 9.17) is 15.3 Å². The van der Waals surface area contributed by atoms with E-state index in [1.54, 1.807) is 6.08 Å². The zero-order valence-electron chi connectivity index (χ0n) is 7.92. The summed E-state index contributed by atoms with van der Waals surface area (Å²) in [5.41, 5.74) is 0. The van der Waals surface area contributed by atoms with Crippen molar-refractivity contribution in [3.8, 4) is 0 Å². The largest absolute Gasteiger partial charge is 0.481 e. The predicted octanol–water partition coefficient (Wildman–Crippen LogP) is 0.583. The average Bonchev–Trinajstić information content (AvgIpc) is 2.81. The van der Waals surface area contributed by atoms with E-state index < -0.39 is 24.3 Å². The monoisotopic (exact) mass is 216 g/mol. The predicted molar refractivity (Wildman–Crippen MR) is 49.4 cm³/mol. The average molecular weight is 216 g/mol. The molecule has 1 rings (SSSR count). The molecular weight excluding hydrogens is 204 g/mol. The quantitative estimate of drug-likeness (QED) is 0.468. The lowest BCUT2D eigenvalue weighted by Crippen LogP contribution is -2.03. The molecule has 1 fully saturated rings. The van der Waals surface area contributed by atoms with Gasteiger partial charge >= 0.3 is 17.9 Å². The van der Waals surface area contributed by atoms with Crippen molar-refractivity contribution in [3.63, 3.8) is 0 Å². The fraction of sp³-hybridized carbons (Fsp3) is 0.444. The van der Waals surface area contributed by atoms with Gasteiger partial charge < -0.3 is 15.3 Å². The van der Waals surface area contributed by atoms with Crippen LogP contribution >= 0.6 is 0 Å². The van der Waals surface area contributed by atoms with Crippen LogP contribution < -0.4 is 0 Å². The zero-order chi connectivity index (χ0) is 11.8. The summed E-state index contributed by atoms with van der Waals surface area (Å²) in [5.74, 6) is -2.89. The molecule has 6 nitrogen and oxygen atoms in total. The van der Waals surface area contributed by atoms with Gasteiger partial charge in [0, 0.05) is 6.08 Å². The van der Waals surface area contributed by atoms with Gasteiger partial charge in [-0.2, -0.15) is 0 Å². The molecule has 6 heteroatoms. The topological polar surface area (TPSA) is 112 Å². The van der Waals surface area contributed by atoms with Crippen molar-refractivity contribution in [1.29, 1.82) is 0 Å². The third kappa shape index (κ3) is 12.1. The second-order valence-electron chi connectivity index (χ2n) is 3.00. The van der Waals surface area contributed by atoms with Crippen LogP contribution in [0.15, 0.2) is 12.2 Å². The fourth-order valence-corrected chi connectivity index (χ4v) is 0.636. The minimum absolute atomic E-state index is 0.575. The van der Waals surface area contributed by atoms with Crippen molar-refractivity contribution in [2.45, 2.75) is 19.3 Å². The molecule has 0 aliphatic heterocycles. The van der Waals surface area contributed by atoms with Crippen LogP contribution in [0, 0.1) is 5.92 Å². The van der Waals surface area contributed by atoms with Gasteiger partial charge in [0.15, 0.2) is 0 Å². The Kier molecular flexibility index (Phi) is 5.77. The summed E-state index contributed by atoms with van der Waals surface area (Å²) in [7, 11) is 0.